The average Bonchev–Trinajstić information content (AvgIpc) is 2.76. The first-order valence-corrected chi connectivity index (χ1v) is 6.53. The van der Waals surface area contributed by atoms with Crippen LogP contribution in [0.25, 0.3) is 0 Å². The third kappa shape index (κ3) is 2.87. The monoisotopic (exact) mass is 278 g/mol. The Labute approximate surface area is 114 Å². The quantitative estimate of drug-likeness (QED) is 0.891. The summed E-state index contributed by atoms with van der Waals surface area (Å²) in [6, 6.07) is 0. The zero-order valence-corrected chi connectivity index (χ0v) is 11.7. The zero-order valence-electron chi connectivity index (χ0n) is 10.9. The van der Waals surface area contributed by atoms with Crippen LogP contribution in [-0.4, -0.2) is 26.3 Å². The number of nitrogens with one attached hydrogen (secondary N) is 1. The Morgan fingerprint density at radius 2 is 2.11 bits per heavy atom. The van der Waals surface area contributed by atoms with Gasteiger partial charge in [-0.25, -0.2) is 9.78 Å². The first-order valence-electron chi connectivity index (χ1n) is 5.71. The summed E-state index contributed by atoms with van der Waals surface area (Å²) >= 11 is 1.56. The second-order valence-corrected chi connectivity index (χ2v) is 5.46. The van der Waals surface area contributed by atoms with Crippen molar-refractivity contribution in [1.82, 2.24) is 15.2 Å². The van der Waals surface area contributed by atoms with E-state index < -0.39 is 5.97 Å². The Kier molecular flexibility index (Phi) is 3.75. The van der Waals surface area contributed by atoms with Gasteiger partial charge in [-0.15, -0.1) is 16.4 Å². The van der Waals surface area contributed by atoms with Crippen molar-refractivity contribution < 1.29 is 9.90 Å². The third-order valence-electron chi connectivity index (χ3n) is 2.77. The number of rotatable bonds is 4. The summed E-state index contributed by atoms with van der Waals surface area (Å²) in [6.07, 6.45) is 1.77. The summed E-state index contributed by atoms with van der Waals surface area (Å²) in [5, 5.41) is 21.1. The number of nitrogens with zero attached hydrogens (tertiary/aromatic N) is 3. The number of aryl methyl sites for hydroxylation is 2. The van der Waals surface area contributed by atoms with Gasteiger partial charge in [0.1, 0.15) is 5.56 Å². The molecule has 0 spiro atoms. The number of carboxylic acids is 1. The van der Waals surface area contributed by atoms with Gasteiger partial charge in [0.15, 0.2) is 5.82 Å². The molecule has 2 N–H and O–H groups in total. The highest BCUT2D eigenvalue weighted by Gasteiger charge is 2.17. The molecule has 0 amide bonds. The maximum Gasteiger partial charge on any atom is 0.339 e. The number of thiazole rings is 1. The van der Waals surface area contributed by atoms with Crippen LogP contribution in [0, 0.1) is 20.8 Å². The molecule has 0 aliphatic rings. The van der Waals surface area contributed by atoms with Crippen molar-refractivity contribution in [3.63, 3.8) is 0 Å². The average molecular weight is 278 g/mol. The molecule has 0 atom stereocenters. The summed E-state index contributed by atoms with van der Waals surface area (Å²) in [7, 11) is 0. The Bertz CT molecular complexity index is 624. The molecule has 0 aliphatic carbocycles. The van der Waals surface area contributed by atoms with Crippen LogP contribution in [-0.2, 0) is 6.54 Å². The van der Waals surface area contributed by atoms with Crippen molar-refractivity contribution in [2.45, 2.75) is 27.3 Å². The Morgan fingerprint density at radius 1 is 1.37 bits per heavy atom. The van der Waals surface area contributed by atoms with Crippen molar-refractivity contribution in [2.75, 3.05) is 5.32 Å². The number of hydrogen-bond acceptors (Lipinski definition) is 6. The summed E-state index contributed by atoms with van der Waals surface area (Å²) in [6.45, 7) is 5.89. The number of carbonyl (C=O) groups is 1. The van der Waals surface area contributed by atoms with Crippen LogP contribution < -0.4 is 5.32 Å². The van der Waals surface area contributed by atoms with Gasteiger partial charge < -0.3 is 10.4 Å². The van der Waals surface area contributed by atoms with Crippen molar-refractivity contribution in [3.8, 4) is 0 Å². The molecule has 0 radical (unpaired) electrons. The lowest BCUT2D eigenvalue weighted by Crippen LogP contribution is -2.12. The number of anilines is 1. The highest BCUT2D eigenvalue weighted by Crippen LogP contribution is 2.20. The molecule has 0 bridgehead atoms. The molecule has 0 aliphatic heterocycles. The van der Waals surface area contributed by atoms with Gasteiger partial charge >= 0.3 is 5.97 Å². The second-order valence-electron chi connectivity index (χ2n) is 4.14. The van der Waals surface area contributed by atoms with Gasteiger partial charge in [0.2, 0.25) is 0 Å². The molecule has 6 nitrogen and oxygen atoms in total. The van der Waals surface area contributed by atoms with E-state index in [0.29, 0.717) is 23.6 Å². The van der Waals surface area contributed by atoms with E-state index in [1.807, 2.05) is 6.92 Å². The van der Waals surface area contributed by atoms with Gasteiger partial charge in [-0.2, -0.15) is 5.10 Å². The predicted octanol–water partition coefficient (Wildman–Crippen LogP) is 2.17. The lowest BCUT2D eigenvalue weighted by Gasteiger charge is -2.10. The van der Waals surface area contributed by atoms with Crippen LogP contribution in [0.5, 0.6) is 0 Å². The molecular formula is C12H14N4O2S. The van der Waals surface area contributed by atoms with Gasteiger partial charge in [-0.3, -0.25) is 0 Å². The van der Waals surface area contributed by atoms with E-state index in [1.165, 1.54) is 0 Å². The maximum absolute atomic E-state index is 11.3. The van der Waals surface area contributed by atoms with E-state index in [0.717, 1.165) is 9.88 Å². The van der Waals surface area contributed by atoms with Crippen molar-refractivity contribution in [3.05, 3.63) is 32.9 Å². The standard InChI is InChI=1S/C12H14N4O2S/c1-6-7(2)15-16-11(10(6)12(17)18)14-5-9-4-13-8(3)19-9/h4H,5H2,1-3H3,(H,14,16)(H,17,18). The SMILES string of the molecule is Cc1ncc(CNc2nnc(C)c(C)c2C(=O)O)s1. The van der Waals surface area contributed by atoms with Crippen LogP contribution in [0.1, 0.15) is 31.5 Å². The number of carboxylic acid groups (broad SMARTS) is 1. The minimum Gasteiger partial charge on any atom is -0.478 e. The van der Waals surface area contributed by atoms with Gasteiger partial charge in [-0.05, 0) is 26.3 Å². The number of aromatic nitrogens is 3. The third-order valence-corrected chi connectivity index (χ3v) is 3.68. The van der Waals surface area contributed by atoms with Gasteiger partial charge in [-0.1, -0.05) is 0 Å². The van der Waals surface area contributed by atoms with Crippen molar-refractivity contribution in [1.29, 1.82) is 0 Å². The maximum atomic E-state index is 11.3. The van der Waals surface area contributed by atoms with Crippen molar-refractivity contribution in [2.24, 2.45) is 0 Å². The molecular weight excluding hydrogens is 264 g/mol. The van der Waals surface area contributed by atoms with Crippen LogP contribution in [0.15, 0.2) is 6.20 Å². The molecule has 2 aromatic heterocycles. The fraction of sp³-hybridized carbons (Fsp3) is 0.333. The van der Waals surface area contributed by atoms with Crippen molar-refractivity contribution >= 4 is 23.1 Å². The fourth-order valence-electron chi connectivity index (χ4n) is 1.65. The fourth-order valence-corrected chi connectivity index (χ4v) is 2.39. The largest absolute Gasteiger partial charge is 0.478 e. The second kappa shape index (κ2) is 5.31. The molecule has 19 heavy (non-hydrogen) atoms. The molecule has 0 fully saturated rings. The summed E-state index contributed by atoms with van der Waals surface area (Å²) in [5.74, 6) is -0.708. The Hall–Kier alpha value is -2.02. The molecule has 2 heterocycles. The van der Waals surface area contributed by atoms with Crippen LogP contribution in [0.3, 0.4) is 0 Å². The Morgan fingerprint density at radius 3 is 2.68 bits per heavy atom. The minimum atomic E-state index is -1.00. The summed E-state index contributed by atoms with van der Waals surface area (Å²) in [4.78, 5) is 16.5. The first kappa shape index (κ1) is 13.4. The molecule has 0 saturated heterocycles. The summed E-state index contributed by atoms with van der Waals surface area (Å²) < 4.78 is 0. The van der Waals surface area contributed by atoms with E-state index in [-0.39, 0.29) is 5.56 Å². The lowest BCUT2D eigenvalue weighted by molar-refractivity contribution is 0.0696. The van der Waals surface area contributed by atoms with E-state index in [9.17, 15) is 9.90 Å². The van der Waals surface area contributed by atoms with Crippen LogP contribution in [0.2, 0.25) is 0 Å². The highest BCUT2D eigenvalue weighted by atomic mass is 32.1. The van der Waals surface area contributed by atoms with Gasteiger partial charge in [0.05, 0.1) is 17.2 Å². The first-order chi connectivity index (χ1) is 8.99. The topological polar surface area (TPSA) is 88.0 Å². The van der Waals surface area contributed by atoms with E-state index in [4.69, 9.17) is 0 Å². The molecule has 100 valence electrons. The van der Waals surface area contributed by atoms with E-state index in [2.05, 4.69) is 20.5 Å². The number of hydrogen-bond donors (Lipinski definition) is 2. The van der Waals surface area contributed by atoms with E-state index in [1.54, 1.807) is 31.4 Å². The smallest absolute Gasteiger partial charge is 0.339 e. The molecule has 0 unspecified atom stereocenters. The highest BCUT2D eigenvalue weighted by molar-refractivity contribution is 7.11. The minimum absolute atomic E-state index is 0.175. The van der Waals surface area contributed by atoms with Gasteiger partial charge in [0, 0.05) is 11.1 Å². The molecule has 2 aromatic rings. The summed E-state index contributed by atoms with van der Waals surface area (Å²) in [5.41, 5.74) is 1.43. The van der Waals surface area contributed by atoms with E-state index >= 15 is 0 Å². The Balaban J connectivity index is 2.25. The molecule has 7 heteroatoms. The van der Waals surface area contributed by atoms with Crippen LogP contribution in [0.4, 0.5) is 5.82 Å². The van der Waals surface area contributed by atoms with Gasteiger partial charge in [0.25, 0.3) is 0 Å². The zero-order chi connectivity index (χ0) is 14.0. The van der Waals surface area contributed by atoms with Crippen LogP contribution >= 0.6 is 11.3 Å². The normalized spacial score (nSPS) is 10.5. The molecule has 0 aromatic carbocycles. The molecule has 0 saturated carbocycles. The predicted molar refractivity (Wildman–Crippen MR) is 72.6 cm³/mol. The number of aromatic carboxylic acids is 1. The molecule has 2 rings (SSSR count). The lowest BCUT2D eigenvalue weighted by atomic mass is 10.1.